The Morgan fingerprint density at radius 1 is 1.44 bits per heavy atom. The number of rotatable bonds is 2. The molecule has 3 nitrogen and oxygen atoms in total. The lowest BCUT2D eigenvalue weighted by molar-refractivity contribution is 0.550. The monoisotopic (exact) mass is 263 g/mol. The molecule has 18 heavy (non-hydrogen) atoms. The summed E-state index contributed by atoms with van der Waals surface area (Å²) in [7, 11) is 0. The van der Waals surface area contributed by atoms with Crippen molar-refractivity contribution >= 4 is 22.6 Å². The largest absolute Gasteiger partial charge is 0.328 e. The van der Waals surface area contributed by atoms with Crippen molar-refractivity contribution in [1.29, 1.82) is 0 Å². The molecule has 0 spiro atoms. The van der Waals surface area contributed by atoms with Crippen molar-refractivity contribution in [3.05, 3.63) is 29.0 Å². The van der Waals surface area contributed by atoms with Crippen LogP contribution >= 0.6 is 11.6 Å². The van der Waals surface area contributed by atoms with Crippen molar-refractivity contribution in [2.45, 2.75) is 44.7 Å². The van der Waals surface area contributed by atoms with Gasteiger partial charge < -0.3 is 10.3 Å². The number of nitrogens with two attached hydrogens (primary N) is 1. The summed E-state index contributed by atoms with van der Waals surface area (Å²) >= 11 is 6.08. The number of aromatic nitrogens is 2. The number of aryl methyl sites for hydroxylation is 1. The Morgan fingerprint density at radius 3 is 2.94 bits per heavy atom. The summed E-state index contributed by atoms with van der Waals surface area (Å²) in [6.45, 7) is 3.06. The minimum atomic E-state index is 0.252. The van der Waals surface area contributed by atoms with Gasteiger partial charge in [-0.1, -0.05) is 18.0 Å². The van der Waals surface area contributed by atoms with Crippen molar-refractivity contribution in [2.24, 2.45) is 5.73 Å². The zero-order valence-electron chi connectivity index (χ0n) is 10.6. The third kappa shape index (κ3) is 1.82. The Balaban J connectivity index is 2.16. The Kier molecular flexibility index (Phi) is 3.04. The van der Waals surface area contributed by atoms with E-state index in [1.165, 1.54) is 6.42 Å². The van der Waals surface area contributed by atoms with E-state index in [1.807, 2.05) is 18.2 Å². The first-order chi connectivity index (χ1) is 8.70. The fraction of sp³-hybridized carbons (Fsp3) is 0.500. The van der Waals surface area contributed by atoms with E-state index in [0.717, 1.165) is 41.3 Å². The van der Waals surface area contributed by atoms with Crippen LogP contribution in [-0.4, -0.2) is 15.6 Å². The zero-order chi connectivity index (χ0) is 12.7. The molecule has 96 valence electrons. The van der Waals surface area contributed by atoms with Crippen molar-refractivity contribution in [3.63, 3.8) is 0 Å². The molecule has 3 rings (SSSR count). The average molecular weight is 264 g/mol. The van der Waals surface area contributed by atoms with E-state index in [-0.39, 0.29) is 6.04 Å². The molecule has 1 fully saturated rings. The summed E-state index contributed by atoms with van der Waals surface area (Å²) in [5.41, 5.74) is 8.35. The fourth-order valence-electron chi connectivity index (χ4n) is 3.04. The summed E-state index contributed by atoms with van der Waals surface area (Å²) in [5, 5.41) is 0.763. The van der Waals surface area contributed by atoms with Crippen molar-refractivity contribution in [3.8, 4) is 0 Å². The second kappa shape index (κ2) is 4.56. The van der Waals surface area contributed by atoms with E-state index in [9.17, 15) is 0 Å². The first-order valence-corrected chi connectivity index (χ1v) is 6.99. The number of hydrogen-bond donors (Lipinski definition) is 1. The molecule has 2 N–H and O–H groups in total. The molecule has 2 atom stereocenters. The highest BCUT2D eigenvalue weighted by atomic mass is 35.5. The normalized spacial score (nSPS) is 23.9. The summed E-state index contributed by atoms with van der Waals surface area (Å²) < 4.78 is 2.26. The summed E-state index contributed by atoms with van der Waals surface area (Å²) in [5.74, 6) is 1.54. The highest BCUT2D eigenvalue weighted by Crippen LogP contribution is 2.35. The van der Waals surface area contributed by atoms with E-state index in [0.29, 0.717) is 5.92 Å². The van der Waals surface area contributed by atoms with E-state index in [4.69, 9.17) is 22.3 Å². The lowest BCUT2D eigenvalue weighted by atomic mass is 10.0. The first kappa shape index (κ1) is 12.0. The highest BCUT2D eigenvalue weighted by Gasteiger charge is 2.29. The van der Waals surface area contributed by atoms with Crippen LogP contribution in [0, 0.1) is 0 Å². The number of nitrogens with zero attached hydrogens (tertiary/aromatic N) is 2. The molecule has 1 saturated carbocycles. The molecule has 0 radical (unpaired) electrons. The highest BCUT2D eigenvalue weighted by molar-refractivity contribution is 6.31. The molecule has 4 heteroatoms. The third-order valence-corrected chi connectivity index (χ3v) is 4.19. The molecule has 1 aromatic heterocycles. The predicted octanol–water partition coefficient (Wildman–Crippen LogP) is 3.30. The van der Waals surface area contributed by atoms with Crippen LogP contribution in [0.5, 0.6) is 0 Å². The molecule has 2 unspecified atom stereocenters. The molecule has 1 aliphatic carbocycles. The van der Waals surface area contributed by atoms with Gasteiger partial charge in [0.15, 0.2) is 0 Å². The van der Waals surface area contributed by atoms with E-state index >= 15 is 0 Å². The van der Waals surface area contributed by atoms with Crippen molar-refractivity contribution in [2.75, 3.05) is 0 Å². The molecule has 1 heterocycles. The fourth-order valence-corrected chi connectivity index (χ4v) is 3.21. The lowest BCUT2D eigenvalue weighted by Gasteiger charge is -2.16. The van der Waals surface area contributed by atoms with Crippen LogP contribution in [0.2, 0.25) is 5.02 Å². The summed E-state index contributed by atoms with van der Waals surface area (Å²) in [6.07, 6.45) is 3.47. The van der Waals surface area contributed by atoms with Crippen molar-refractivity contribution in [1.82, 2.24) is 9.55 Å². The van der Waals surface area contributed by atoms with Crippen LogP contribution in [0.1, 0.15) is 37.9 Å². The maximum absolute atomic E-state index is 6.21. The molecule has 1 aromatic carbocycles. The maximum Gasteiger partial charge on any atom is 0.114 e. The molecular formula is C14H18ClN3. The first-order valence-electron chi connectivity index (χ1n) is 6.62. The second-order valence-corrected chi connectivity index (χ2v) is 5.48. The SMILES string of the molecule is CCn1c(C2CCCC2N)nc2ccc(Cl)cc21. The standard InChI is InChI=1S/C14H18ClN3/c1-2-18-13-8-9(15)6-7-12(13)17-14(18)10-4-3-5-11(10)16/h6-8,10-11H,2-5,16H2,1H3. The van der Waals surface area contributed by atoms with Gasteiger partial charge in [-0.05, 0) is 38.0 Å². The van der Waals surface area contributed by atoms with Crippen molar-refractivity contribution < 1.29 is 0 Å². The van der Waals surface area contributed by atoms with Gasteiger partial charge in [-0.25, -0.2) is 4.98 Å². The van der Waals surface area contributed by atoms with E-state index in [1.54, 1.807) is 0 Å². The lowest BCUT2D eigenvalue weighted by Crippen LogP contribution is -2.25. The summed E-state index contributed by atoms with van der Waals surface area (Å²) in [6, 6.07) is 6.14. The van der Waals surface area contributed by atoms with Gasteiger partial charge >= 0.3 is 0 Å². The smallest absolute Gasteiger partial charge is 0.114 e. The Hall–Kier alpha value is -1.06. The van der Waals surface area contributed by atoms with Crippen LogP contribution in [0.15, 0.2) is 18.2 Å². The number of benzene rings is 1. The Bertz CT molecular complexity index is 576. The summed E-state index contributed by atoms with van der Waals surface area (Å²) in [4.78, 5) is 4.78. The molecule has 0 amide bonds. The van der Waals surface area contributed by atoms with Gasteiger partial charge in [0.2, 0.25) is 0 Å². The predicted molar refractivity (Wildman–Crippen MR) is 75.0 cm³/mol. The number of fused-ring (bicyclic) bond motifs is 1. The minimum Gasteiger partial charge on any atom is -0.328 e. The van der Waals surface area contributed by atoms with Gasteiger partial charge in [-0.15, -0.1) is 0 Å². The molecule has 2 aromatic rings. The third-order valence-electron chi connectivity index (χ3n) is 3.96. The van der Waals surface area contributed by atoms with Gasteiger partial charge in [-0.3, -0.25) is 0 Å². The van der Waals surface area contributed by atoms with E-state index in [2.05, 4.69) is 11.5 Å². The van der Waals surface area contributed by atoms with E-state index < -0.39 is 0 Å². The molecule has 0 bridgehead atoms. The average Bonchev–Trinajstić information content (AvgIpc) is 2.91. The number of hydrogen-bond acceptors (Lipinski definition) is 2. The molecular weight excluding hydrogens is 246 g/mol. The molecule has 0 aliphatic heterocycles. The van der Waals surface area contributed by atoms with Crippen LogP contribution < -0.4 is 5.73 Å². The minimum absolute atomic E-state index is 0.252. The topological polar surface area (TPSA) is 43.8 Å². The van der Waals surface area contributed by atoms with Crippen LogP contribution in [0.4, 0.5) is 0 Å². The van der Waals surface area contributed by atoms with Crippen LogP contribution in [0.3, 0.4) is 0 Å². The maximum atomic E-state index is 6.21. The van der Waals surface area contributed by atoms with Gasteiger partial charge in [0, 0.05) is 23.5 Å². The van der Waals surface area contributed by atoms with Gasteiger partial charge in [-0.2, -0.15) is 0 Å². The second-order valence-electron chi connectivity index (χ2n) is 5.05. The Morgan fingerprint density at radius 2 is 2.28 bits per heavy atom. The number of halogens is 1. The zero-order valence-corrected chi connectivity index (χ0v) is 11.3. The van der Waals surface area contributed by atoms with Crippen LogP contribution in [0.25, 0.3) is 11.0 Å². The van der Waals surface area contributed by atoms with Gasteiger partial charge in [0.25, 0.3) is 0 Å². The Labute approximate surface area is 112 Å². The van der Waals surface area contributed by atoms with Gasteiger partial charge in [0.1, 0.15) is 5.82 Å². The molecule has 1 aliphatic rings. The van der Waals surface area contributed by atoms with Crippen LogP contribution in [-0.2, 0) is 6.54 Å². The number of imidazole rings is 1. The molecule has 0 saturated heterocycles. The van der Waals surface area contributed by atoms with Gasteiger partial charge in [0.05, 0.1) is 11.0 Å². The quantitative estimate of drug-likeness (QED) is 0.903.